The van der Waals surface area contributed by atoms with Crippen LogP contribution < -0.4 is 4.74 Å². The second kappa shape index (κ2) is 5.70. The first kappa shape index (κ1) is 14.4. The van der Waals surface area contributed by atoms with Gasteiger partial charge in [0.1, 0.15) is 11.5 Å². The minimum absolute atomic E-state index is 0.0713. The van der Waals surface area contributed by atoms with Crippen LogP contribution in [0.5, 0.6) is 11.5 Å². The molecule has 0 saturated carbocycles. The van der Waals surface area contributed by atoms with Gasteiger partial charge in [-0.1, -0.05) is 6.07 Å². The largest absolute Gasteiger partial charge is 0.457 e. The van der Waals surface area contributed by atoms with Crippen LogP contribution in [0.25, 0.3) is 0 Å². The monoisotopic (exact) mass is 322 g/mol. The molecule has 0 aliphatic heterocycles. The number of rotatable bonds is 3. The van der Waals surface area contributed by atoms with Crippen molar-refractivity contribution in [2.75, 3.05) is 0 Å². The summed E-state index contributed by atoms with van der Waals surface area (Å²) in [4.78, 5) is 0.0713. The second-order valence-electron chi connectivity index (χ2n) is 5.15. The number of benzene rings is 2. The normalized spacial score (nSPS) is 14.5. The first-order valence-corrected chi connectivity index (χ1v) is 9.18. The van der Waals surface area contributed by atoms with E-state index < -0.39 is 9.05 Å². The van der Waals surface area contributed by atoms with Crippen molar-refractivity contribution in [3.8, 4) is 11.5 Å². The van der Waals surface area contributed by atoms with E-state index in [1.165, 1.54) is 36.1 Å². The van der Waals surface area contributed by atoms with Gasteiger partial charge in [-0.2, -0.15) is 0 Å². The Kier molecular flexibility index (Phi) is 3.91. The van der Waals surface area contributed by atoms with Gasteiger partial charge in [-0.15, -0.1) is 0 Å². The predicted octanol–water partition coefficient (Wildman–Crippen LogP) is 4.29. The Bertz CT molecular complexity index is 752. The lowest BCUT2D eigenvalue weighted by molar-refractivity contribution is 0.480. The average molecular weight is 323 g/mol. The molecule has 0 aromatic heterocycles. The predicted molar refractivity (Wildman–Crippen MR) is 82.6 cm³/mol. The summed E-state index contributed by atoms with van der Waals surface area (Å²) in [6.45, 7) is 0. The van der Waals surface area contributed by atoms with Crippen molar-refractivity contribution < 1.29 is 13.2 Å². The molecule has 0 bridgehead atoms. The fourth-order valence-electron chi connectivity index (χ4n) is 2.58. The number of aryl methyl sites for hydroxylation is 2. The highest BCUT2D eigenvalue weighted by Crippen LogP contribution is 2.29. The molecule has 0 saturated heterocycles. The lowest BCUT2D eigenvalue weighted by Gasteiger charge is -2.16. The van der Waals surface area contributed by atoms with Crippen LogP contribution in [-0.2, 0) is 21.9 Å². The molecule has 3 nitrogen and oxygen atoms in total. The molecule has 0 amide bonds. The summed E-state index contributed by atoms with van der Waals surface area (Å²) >= 11 is 0. The van der Waals surface area contributed by atoms with E-state index in [4.69, 9.17) is 15.4 Å². The number of halogens is 1. The summed E-state index contributed by atoms with van der Waals surface area (Å²) in [6.07, 6.45) is 4.70. The summed E-state index contributed by atoms with van der Waals surface area (Å²) in [5.41, 5.74) is 2.75. The van der Waals surface area contributed by atoms with Gasteiger partial charge in [0.25, 0.3) is 9.05 Å². The van der Waals surface area contributed by atoms with Gasteiger partial charge in [0.2, 0.25) is 0 Å². The Morgan fingerprint density at radius 2 is 1.48 bits per heavy atom. The highest BCUT2D eigenvalue weighted by Gasteiger charge is 2.11. The van der Waals surface area contributed by atoms with Gasteiger partial charge in [0, 0.05) is 10.7 Å². The van der Waals surface area contributed by atoms with E-state index in [0.29, 0.717) is 5.75 Å². The van der Waals surface area contributed by atoms with Crippen LogP contribution >= 0.6 is 10.7 Å². The summed E-state index contributed by atoms with van der Waals surface area (Å²) in [5.74, 6) is 1.37. The third kappa shape index (κ3) is 3.39. The SMILES string of the molecule is O=S(=O)(Cl)c1ccc(Oc2ccc3c(c2)CCCC3)cc1. The van der Waals surface area contributed by atoms with E-state index in [0.717, 1.165) is 18.6 Å². The maximum Gasteiger partial charge on any atom is 0.261 e. The van der Waals surface area contributed by atoms with Gasteiger partial charge in [0.05, 0.1) is 4.90 Å². The molecule has 1 aliphatic carbocycles. The standard InChI is InChI=1S/C16H15ClO3S/c17-21(18,19)16-9-7-14(8-10-16)20-15-6-5-12-3-1-2-4-13(12)11-15/h5-11H,1-4H2. The molecule has 0 radical (unpaired) electrons. The molecular weight excluding hydrogens is 308 g/mol. The summed E-state index contributed by atoms with van der Waals surface area (Å²) in [5, 5.41) is 0. The van der Waals surface area contributed by atoms with Crippen LogP contribution in [0.2, 0.25) is 0 Å². The van der Waals surface area contributed by atoms with Gasteiger partial charge in [-0.05, 0) is 73.2 Å². The number of hydrogen-bond acceptors (Lipinski definition) is 3. The van der Waals surface area contributed by atoms with Crippen molar-refractivity contribution in [3.05, 3.63) is 53.6 Å². The van der Waals surface area contributed by atoms with Crippen molar-refractivity contribution in [2.24, 2.45) is 0 Å². The summed E-state index contributed by atoms with van der Waals surface area (Å²) in [7, 11) is 1.59. The Balaban J connectivity index is 1.80. The minimum Gasteiger partial charge on any atom is -0.457 e. The zero-order chi connectivity index (χ0) is 14.9. The smallest absolute Gasteiger partial charge is 0.261 e. The topological polar surface area (TPSA) is 43.4 Å². The van der Waals surface area contributed by atoms with Gasteiger partial charge in [0.15, 0.2) is 0 Å². The van der Waals surface area contributed by atoms with Crippen molar-refractivity contribution in [1.82, 2.24) is 0 Å². The molecule has 2 aromatic carbocycles. The Morgan fingerprint density at radius 3 is 2.14 bits per heavy atom. The van der Waals surface area contributed by atoms with Crippen LogP contribution in [0.4, 0.5) is 0 Å². The molecule has 0 N–H and O–H groups in total. The molecule has 5 heteroatoms. The number of ether oxygens (including phenoxy) is 1. The molecule has 1 aliphatic rings. The average Bonchev–Trinajstić information content (AvgIpc) is 2.47. The lowest BCUT2D eigenvalue weighted by Crippen LogP contribution is -2.02. The molecule has 0 atom stereocenters. The Hall–Kier alpha value is -1.52. The molecule has 0 fully saturated rings. The van der Waals surface area contributed by atoms with E-state index >= 15 is 0 Å². The van der Waals surface area contributed by atoms with E-state index in [1.54, 1.807) is 12.1 Å². The maximum atomic E-state index is 11.2. The molecule has 0 heterocycles. The van der Waals surface area contributed by atoms with E-state index in [9.17, 15) is 8.42 Å². The minimum atomic E-state index is -3.69. The van der Waals surface area contributed by atoms with Crippen molar-refractivity contribution >= 4 is 19.7 Å². The molecule has 2 aromatic rings. The van der Waals surface area contributed by atoms with Crippen molar-refractivity contribution in [1.29, 1.82) is 0 Å². The summed E-state index contributed by atoms with van der Waals surface area (Å²) < 4.78 is 28.1. The Morgan fingerprint density at radius 1 is 0.857 bits per heavy atom. The van der Waals surface area contributed by atoms with Gasteiger partial charge >= 0.3 is 0 Å². The molecule has 0 unspecified atom stereocenters. The van der Waals surface area contributed by atoms with Crippen LogP contribution in [0.15, 0.2) is 47.4 Å². The van der Waals surface area contributed by atoms with Crippen molar-refractivity contribution in [2.45, 2.75) is 30.6 Å². The van der Waals surface area contributed by atoms with Crippen LogP contribution in [-0.4, -0.2) is 8.42 Å². The van der Waals surface area contributed by atoms with Crippen LogP contribution in [0.1, 0.15) is 24.0 Å². The zero-order valence-corrected chi connectivity index (χ0v) is 13.0. The van der Waals surface area contributed by atoms with Gasteiger partial charge < -0.3 is 4.74 Å². The first-order valence-electron chi connectivity index (χ1n) is 6.87. The molecule has 110 valence electrons. The van der Waals surface area contributed by atoms with Crippen LogP contribution in [0, 0.1) is 0 Å². The highest BCUT2D eigenvalue weighted by molar-refractivity contribution is 8.13. The number of hydrogen-bond donors (Lipinski definition) is 0. The maximum absolute atomic E-state index is 11.2. The fraction of sp³-hybridized carbons (Fsp3) is 0.250. The zero-order valence-electron chi connectivity index (χ0n) is 11.4. The third-order valence-electron chi connectivity index (χ3n) is 3.66. The molecule has 21 heavy (non-hydrogen) atoms. The summed E-state index contributed by atoms with van der Waals surface area (Å²) in [6, 6.07) is 12.2. The highest BCUT2D eigenvalue weighted by atomic mass is 35.7. The molecule has 0 spiro atoms. The first-order chi connectivity index (χ1) is 10.0. The quantitative estimate of drug-likeness (QED) is 0.792. The van der Waals surface area contributed by atoms with Gasteiger partial charge in [-0.25, -0.2) is 8.42 Å². The third-order valence-corrected chi connectivity index (χ3v) is 5.03. The fourth-order valence-corrected chi connectivity index (χ4v) is 3.35. The van der Waals surface area contributed by atoms with E-state index in [-0.39, 0.29) is 4.90 Å². The molecular formula is C16H15ClO3S. The Labute approximate surface area is 128 Å². The van der Waals surface area contributed by atoms with Crippen molar-refractivity contribution in [3.63, 3.8) is 0 Å². The van der Waals surface area contributed by atoms with Gasteiger partial charge in [-0.3, -0.25) is 0 Å². The number of fused-ring (bicyclic) bond motifs is 1. The van der Waals surface area contributed by atoms with E-state index in [1.807, 2.05) is 6.07 Å². The van der Waals surface area contributed by atoms with Crippen LogP contribution in [0.3, 0.4) is 0 Å². The second-order valence-corrected chi connectivity index (χ2v) is 7.71. The van der Waals surface area contributed by atoms with E-state index in [2.05, 4.69) is 12.1 Å². The molecule has 3 rings (SSSR count). The lowest BCUT2D eigenvalue weighted by atomic mass is 9.92.